The third-order valence-corrected chi connectivity index (χ3v) is 10.5. The summed E-state index contributed by atoms with van der Waals surface area (Å²) in [6, 6.07) is 15.0. The number of aromatic hydroxyl groups is 1. The van der Waals surface area contributed by atoms with Gasteiger partial charge in [0.05, 0.1) is 32.0 Å². The zero-order valence-electron chi connectivity index (χ0n) is 28.5. The molecule has 2 bridgehead atoms. The molecule has 268 valence electrons. The highest BCUT2D eigenvalue weighted by molar-refractivity contribution is 6.35. The predicted octanol–water partition coefficient (Wildman–Crippen LogP) is 6.97. The molecular weight excluding hydrogens is 697 g/mol. The number of rotatable bonds is 11. The molecule has 2 N–H and O–H groups in total. The third kappa shape index (κ3) is 7.80. The maximum atomic E-state index is 14.1. The smallest absolute Gasteiger partial charge is 0.414 e. The molecule has 3 aliphatic rings. The van der Waals surface area contributed by atoms with Crippen LogP contribution < -0.4 is 19.1 Å². The van der Waals surface area contributed by atoms with Gasteiger partial charge in [-0.15, -0.1) is 0 Å². The molecule has 13 heteroatoms. The van der Waals surface area contributed by atoms with Crippen LogP contribution in [0.2, 0.25) is 10.0 Å². The summed E-state index contributed by atoms with van der Waals surface area (Å²) in [6.07, 6.45) is 3.62. The maximum absolute atomic E-state index is 14.1. The number of phenols is 1. The van der Waals surface area contributed by atoms with Crippen LogP contribution in [-0.4, -0.2) is 67.1 Å². The van der Waals surface area contributed by atoms with Crippen LogP contribution in [-0.2, 0) is 17.7 Å². The monoisotopic (exact) mass is 735 g/mol. The van der Waals surface area contributed by atoms with E-state index in [1.165, 1.54) is 43.6 Å². The van der Waals surface area contributed by atoms with Crippen molar-refractivity contribution < 1.29 is 38.7 Å². The second-order valence-corrected chi connectivity index (χ2v) is 13.8. The molecule has 3 aliphatic heterocycles. The van der Waals surface area contributed by atoms with E-state index in [1.807, 2.05) is 6.92 Å². The fourth-order valence-corrected chi connectivity index (χ4v) is 7.76. The van der Waals surface area contributed by atoms with E-state index in [1.54, 1.807) is 42.5 Å². The number of anilines is 1. The van der Waals surface area contributed by atoms with Crippen LogP contribution in [0.3, 0.4) is 0 Å². The van der Waals surface area contributed by atoms with E-state index in [0.717, 1.165) is 31.5 Å². The molecule has 1 aromatic heterocycles. The minimum atomic E-state index is -1.16. The number of hydrogen-bond acceptors (Lipinski definition) is 8. The second kappa shape index (κ2) is 15.3. The van der Waals surface area contributed by atoms with Gasteiger partial charge in [0, 0.05) is 24.1 Å². The number of hydrogen-bond donors (Lipinski definition) is 2. The van der Waals surface area contributed by atoms with Crippen molar-refractivity contribution in [2.24, 2.45) is 5.92 Å². The van der Waals surface area contributed by atoms with Gasteiger partial charge in [0.25, 0.3) is 0 Å². The number of aromatic carboxylic acids is 1. The van der Waals surface area contributed by atoms with Gasteiger partial charge in [0.15, 0.2) is 23.9 Å². The van der Waals surface area contributed by atoms with Crippen molar-refractivity contribution in [1.29, 1.82) is 0 Å². The van der Waals surface area contributed by atoms with Gasteiger partial charge in [-0.1, -0.05) is 47.5 Å². The van der Waals surface area contributed by atoms with Crippen molar-refractivity contribution in [3.63, 3.8) is 0 Å². The average molecular weight is 737 g/mol. The van der Waals surface area contributed by atoms with Crippen molar-refractivity contribution in [2.45, 2.75) is 44.8 Å². The molecule has 0 unspecified atom stereocenters. The fourth-order valence-electron chi connectivity index (χ4n) is 7.16. The highest BCUT2D eigenvalue weighted by atomic mass is 35.5. The van der Waals surface area contributed by atoms with Crippen LogP contribution in [0.4, 0.5) is 10.5 Å². The number of benzene rings is 3. The number of carbonyl (C=O) groups is 2. The van der Waals surface area contributed by atoms with E-state index in [-0.39, 0.29) is 46.3 Å². The number of fused-ring (bicyclic) bond motifs is 3. The molecule has 3 saturated heterocycles. The normalized spacial score (nSPS) is 18.6. The number of amides is 1. The highest BCUT2D eigenvalue weighted by Crippen LogP contribution is 2.40. The van der Waals surface area contributed by atoms with Crippen molar-refractivity contribution >= 4 is 41.0 Å². The first-order valence-electron chi connectivity index (χ1n) is 16.6. The number of aromatic nitrogens is 1. The SMILES string of the molecule is COc1ccc([C@H](Cc2c(Cl)c[n+]([O-])cc2Cl)c2cc(CN(C(=O)O[C@H]3CN4CCC3CC4)c3cc(O)ccc3C)ccc2C(=O)O)cc1OC. The van der Waals surface area contributed by atoms with Crippen molar-refractivity contribution in [3.8, 4) is 17.2 Å². The van der Waals surface area contributed by atoms with Gasteiger partial charge in [-0.05, 0) is 91.7 Å². The molecule has 0 aliphatic carbocycles. The first-order chi connectivity index (χ1) is 24.4. The molecule has 3 fully saturated rings. The number of carbonyl (C=O) groups excluding carboxylic acids is 1. The maximum Gasteiger partial charge on any atom is 0.414 e. The average Bonchev–Trinajstić information content (AvgIpc) is 3.11. The van der Waals surface area contributed by atoms with E-state index >= 15 is 0 Å². The summed E-state index contributed by atoms with van der Waals surface area (Å²) in [7, 11) is 3.02. The van der Waals surface area contributed by atoms with Gasteiger partial charge in [-0.3, -0.25) is 9.80 Å². The number of pyridine rings is 1. The molecule has 4 aromatic rings. The van der Waals surface area contributed by atoms with E-state index in [4.69, 9.17) is 37.4 Å². The Labute approximate surface area is 306 Å². The largest absolute Gasteiger partial charge is 0.619 e. The lowest BCUT2D eigenvalue weighted by Gasteiger charge is -2.44. The summed E-state index contributed by atoms with van der Waals surface area (Å²) in [5, 5.41) is 33.2. The summed E-state index contributed by atoms with van der Waals surface area (Å²) < 4.78 is 17.7. The van der Waals surface area contributed by atoms with Crippen molar-refractivity contribution in [2.75, 3.05) is 38.8 Å². The first-order valence-corrected chi connectivity index (χ1v) is 17.4. The quantitative estimate of drug-likeness (QED) is 0.124. The summed E-state index contributed by atoms with van der Waals surface area (Å²) in [4.78, 5) is 30.6. The molecule has 2 atom stereocenters. The zero-order chi connectivity index (χ0) is 36.4. The van der Waals surface area contributed by atoms with Crippen LogP contribution in [0.15, 0.2) is 67.0 Å². The predicted molar refractivity (Wildman–Crippen MR) is 192 cm³/mol. The Hall–Kier alpha value is -4.71. The minimum Gasteiger partial charge on any atom is -0.619 e. The number of carboxylic acids is 1. The van der Waals surface area contributed by atoms with Crippen LogP contribution >= 0.6 is 23.2 Å². The molecule has 3 aromatic carbocycles. The van der Waals surface area contributed by atoms with Crippen LogP contribution in [0.5, 0.6) is 17.2 Å². The summed E-state index contributed by atoms with van der Waals surface area (Å²) >= 11 is 13.1. The van der Waals surface area contributed by atoms with Crippen molar-refractivity contribution in [3.05, 3.63) is 116 Å². The molecule has 0 radical (unpaired) electrons. The number of methoxy groups -OCH3 is 2. The van der Waals surface area contributed by atoms with Gasteiger partial charge in [-0.25, -0.2) is 9.59 Å². The standard InChI is InChI=1S/C38H39Cl2N3O8/c1-22-4-7-26(44)16-33(22)43(38(47)51-36-21-41-12-10-24(36)11-13-41)18-23-5-8-27(37(45)46)29(14-23)28(17-30-31(39)19-42(48)20-32(30)40)25-6-9-34(49-2)35(15-25)50-3/h4-9,14-16,19-20,24,28,36,44H,10-13,17-18,21H2,1-3H3,(H,45,46)/t28-,36-/m0/s1. The Morgan fingerprint density at radius 2 is 1.71 bits per heavy atom. The lowest BCUT2D eigenvalue weighted by Crippen LogP contribution is -2.53. The Morgan fingerprint density at radius 3 is 2.33 bits per heavy atom. The number of piperidine rings is 3. The molecule has 51 heavy (non-hydrogen) atoms. The Kier molecular flexibility index (Phi) is 10.8. The van der Waals surface area contributed by atoms with Crippen molar-refractivity contribution in [1.82, 2.24) is 4.90 Å². The van der Waals surface area contributed by atoms with Crippen LogP contribution in [0, 0.1) is 18.0 Å². The Bertz CT molecular complexity index is 1930. The lowest BCUT2D eigenvalue weighted by molar-refractivity contribution is -0.605. The van der Waals surface area contributed by atoms with E-state index in [9.17, 15) is 25.0 Å². The number of aryl methyl sites for hydroxylation is 1. The van der Waals surface area contributed by atoms with Gasteiger partial charge < -0.3 is 29.6 Å². The van der Waals surface area contributed by atoms with Gasteiger partial charge in [0.1, 0.15) is 21.9 Å². The number of halogens is 2. The summed E-state index contributed by atoms with van der Waals surface area (Å²) in [5.41, 5.74) is 3.37. The zero-order valence-corrected chi connectivity index (χ0v) is 30.0. The summed E-state index contributed by atoms with van der Waals surface area (Å²) in [6.45, 7) is 4.51. The molecule has 7 rings (SSSR count). The molecule has 0 saturated carbocycles. The van der Waals surface area contributed by atoms with E-state index in [2.05, 4.69) is 4.90 Å². The molecule has 11 nitrogen and oxygen atoms in total. The number of nitrogens with zero attached hydrogens (tertiary/aromatic N) is 3. The molecule has 4 heterocycles. The van der Waals surface area contributed by atoms with Gasteiger partial charge in [0.2, 0.25) is 0 Å². The molecule has 1 amide bonds. The highest BCUT2D eigenvalue weighted by Gasteiger charge is 2.38. The Balaban J connectivity index is 1.44. The van der Waals surface area contributed by atoms with Crippen LogP contribution in [0.1, 0.15) is 56.9 Å². The number of ether oxygens (including phenoxy) is 3. The first kappa shape index (κ1) is 36.1. The molecular formula is C38H39Cl2N3O8. The van der Waals surface area contributed by atoms with Gasteiger partial charge in [-0.2, -0.15) is 4.73 Å². The molecule has 0 spiro atoms. The fraction of sp³-hybridized carbons (Fsp3) is 0.342. The number of phenolic OH excluding ortho intramolecular Hbond substituents is 1. The second-order valence-electron chi connectivity index (χ2n) is 13.0. The lowest BCUT2D eigenvalue weighted by atomic mass is 9.82. The topological polar surface area (TPSA) is 136 Å². The minimum absolute atomic E-state index is 0.0114. The third-order valence-electron chi connectivity index (χ3n) is 9.89. The van der Waals surface area contributed by atoms with E-state index in [0.29, 0.717) is 50.7 Å². The number of carboxylic acid groups (broad SMARTS) is 1. The Morgan fingerprint density at radius 1 is 1.00 bits per heavy atom. The van der Waals surface area contributed by atoms with Gasteiger partial charge >= 0.3 is 12.1 Å². The summed E-state index contributed by atoms with van der Waals surface area (Å²) in [5.74, 6) is -0.647. The van der Waals surface area contributed by atoms with Crippen LogP contribution in [0.25, 0.3) is 0 Å². The van der Waals surface area contributed by atoms with E-state index < -0.39 is 18.0 Å².